The summed E-state index contributed by atoms with van der Waals surface area (Å²) >= 11 is 0. The third kappa shape index (κ3) is 3.51. The Balaban J connectivity index is 1.83. The van der Waals surface area contributed by atoms with E-state index in [1.807, 2.05) is 36.3 Å². The molecule has 0 radical (unpaired) electrons. The molecule has 0 aliphatic carbocycles. The van der Waals surface area contributed by atoms with Crippen molar-refractivity contribution in [2.45, 2.75) is 13.0 Å². The van der Waals surface area contributed by atoms with Gasteiger partial charge in [-0.25, -0.2) is 4.98 Å². The number of hydrogen-bond donors (Lipinski definition) is 1. The van der Waals surface area contributed by atoms with Crippen molar-refractivity contribution < 1.29 is 9.47 Å². The van der Waals surface area contributed by atoms with Crippen molar-refractivity contribution in [3.8, 4) is 11.5 Å². The van der Waals surface area contributed by atoms with Gasteiger partial charge in [-0.15, -0.1) is 0 Å². The van der Waals surface area contributed by atoms with Gasteiger partial charge in [0.05, 0.1) is 26.2 Å². The van der Waals surface area contributed by atoms with Crippen LogP contribution in [0.25, 0.3) is 0 Å². The van der Waals surface area contributed by atoms with Crippen LogP contribution >= 0.6 is 0 Å². The average molecular weight is 275 g/mol. The molecule has 2 aromatic rings. The SMILES string of the molecule is COc1ccc(CCNCc2cncn2C)cc1OC. The zero-order chi connectivity index (χ0) is 14.4. The average Bonchev–Trinajstić information content (AvgIpc) is 2.88. The van der Waals surface area contributed by atoms with Crippen LogP contribution in [-0.2, 0) is 20.0 Å². The quantitative estimate of drug-likeness (QED) is 0.782. The third-order valence-electron chi connectivity index (χ3n) is 3.26. The Kier molecular flexibility index (Phi) is 5.01. The number of nitrogens with one attached hydrogen (secondary N) is 1. The monoisotopic (exact) mass is 275 g/mol. The summed E-state index contributed by atoms with van der Waals surface area (Å²) in [5, 5.41) is 3.41. The Morgan fingerprint density at radius 2 is 2.00 bits per heavy atom. The van der Waals surface area contributed by atoms with Gasteiger partial charge in [0.2, 0.25) is 0 Å². The molecule has 0 amide bonds. The maximum atomic E-state index is 5.30. The summed E-state index contributed by atoms with van der Waals surface area (Å²) in [7, 11) is 5.30. The van der Waals surface area contributed by atoms with E-state index in [2.05, 4.69) is 16.4 Å². The van der Waals surface area contributed by atoms with Gasteiger partial charge in [-0.05, 0) is 30.7 Å². The first kappa shape index (κ1) is 14.4. The van der Waals surface area contributed by atoms with Crippen LogP contribution in [0.3, 0.4) is 0 Å². The number of aryl methyl sites for hydroxylation is 1. The first-order valence-corrected chi connectivity index (χ1v) is 6.61. The van der Waals surface area contributed by atoms with E-state index >= 15 is 0 Å². The van der Waals surface area contributed by atoms with E-state index in [9.17, 15) is 0 Å². The van der Waals surface area contributed by atoms with Gasteiger partial charge in [0.1, 0.15) is 0 Å². The van der Waals surface area contributed by atoms with Gasteiger partial charge in [0, 0.05) is 19.8 Å². The number of rotatable bonds is 7. The van der Waals surface area contributed by atoms with Crippen molar-refractivity contribution >= 4 is 0 Å². The van der Waals surface area contributed by atoms with Gasteiger partial charge in [0.15, 0.2) is 11.5 Å². The van der Waals surface area contributed by atoms with Crippen LogP contribution in [0.4, 0.5) is 0 Å². The predicted octanol–water partition coefficient (Wildman–Crippen LogP) is 1.77. The second-order valence-electron chi connectivity index (χ2n) is 4.61. The number of methoxy groups -OCH3 is 2. The third-order valence-corrected chi connectivity index (χ3v) is 3.26. The lowest BCUT2D eigenvalue weighted by atomic mass is 10.1. The van der Waals surface area contributed by atoms with Crippen LogP contribution in [-0.4, -0.2) is 30.3 Å². The Morgan fingerprint density at radius 1 is 1.20 bits per heavy atom. The van der Waals surface area contributed by atoms with E-state index in [0.717, 1.165) is 31.0 Å². The maximum Gasteiger partial charge on any atom is 0.160 e. The minimum absolute atomic E-state index is 0.763. The van der Waals surface area contributed by atoms with Crippen LogP contribution in [0.2, 0.25) is 0 Å². The highest BCUT2D eigenvalue weighted by Gasteiger charge is 2.04. The number of imidazole rings is 1. The van der Waals surface area contributed by atoms with Crippen LogP contribution in [0.5, 0.6) is 11.5 Å². The topological polar surface area (TPSA) is 48.3 Å². The van der Waals surface area contributed by atoms with Gasteiger partial charge in [-0.3, -0.25) is 0 Å². The van der Waals surface area contributed by atoms with E-state index in [4.69, 9.17) is 9.47 Å². The fourth-order valence-electron chi connectivity index (χ4n) is 2.04. The van der Waals surface area contributed by atoms with Gasteiger partial charge < -0.3 is 19.4 Å². The minimum atomic E-state index is 0.763. The molecule has 0 bridgehead atoms. The summed E-state index contributed by atoms with van der Waals surface area (Å²) in [6, 6.07) is 6.02. The zero-order valence-electron chi connectivity index (χ0n) is 12.2. The second kappa shape index (κ2) is 6.96. The van der Waals surface area contributed by atoms with Crippen molar-refractivity contribution in [2.24, 2.45) is 7.05 Å². The number of aromatic nitrogens is 2. The van der Waals surface area contributed by atoms with Crippen LogP contribution in [0.1, 0.15) is 11.3 Å². The van der Waals surface area contributed by atoms with E-state index in [0.29, 0.717) is 0 Å². The van der Waals surface area contributed by atoms with E-state index < -0.39 is 0 Å². The van der Waals surface area contributed by atoms with Crippen molar-refractivity contribution in [1.29, 1.82) is 0 Å². The van der Waals surface area contributed by atoms with Crippen molar-refractivity contribution in [1.82, 2.24) is 14.9 Å². The van der Waals surface area contributed by atoms with Crippen LogP contribution in [0, 0.1) is 0 Å². The number of nitrogens with zero attached hydrogens (tertiary/aromatic N) is 2. The standard InChI is InChI=1S/C15H21N3O2/c1-18-11-17-10-13(18)9-16-7-6-12-4-5-14(19-2)15(8-12)20-3/h4-5,8,10-11,16H,6-7,9H2,1-3H3. The van der Waals surface area contributed by atoms with Crippen LogP contribution < -0.4 is 14.8 Å². The second-order valence-corrected chi connectivity index (χ2v) is 4.61. The largest absolute Gasteiger partial charge is 0.493 e. The molecule has 0 saturated carbocycles. The molecule has 5 nitrogen and oxygen atoms in total. The van der Waals surface area contributed by atoms with Crippen LogP contribution in [0.15, 0.2) is 30.7 Å². The minimum Gasteiger partial charge on any atom is -0.493 e. The first-order chi connectivity index (χ1) is 9.74. The normalized spacial score (nSPS) is 10.6. The molecule has 2 rings (SSSR count). The molecule has 0 atom stereocenters. The molecular weight excluding hydrogens is 254 g/mol. The molecule has 0 aliphatic rings. The molecule has 5 heteroatoms. The molecule has 0 fully saturated rings. The number of benzene rings is 1. The fraction of sp³-hybridized carbons (Fsp3) is 0.400. The molecular formula is C15H21N3O2. The highest BCUT2D eigenvalue weighted by atomic mass is 16.5. The molecule has 1 aromatic heterocycles. The van der Waals surface area contributed by atoms with Gasteiger partial charge in [0.25, 0.3) is 0 Å². The summed E-state index contributed by atoms with van der Waals surface area (Å²) in [5.74, 6) is 1.54. The zero-order valence-corrected chi connectivity index (χ0v) is 12.2. The maximum absolute atomic E-state index is 5.30. The molecule has 0 saturated heterocycles. The molecule has 0 aliphatic heterocycles. The van der Waals surface area contributed by atoms with Gasteiger partial charge >= 0.3 is 0 Å². The van der Waals surface area contributed by atoms with Crippen molar-refractivity contribution in [2.75, 3.05) is 20.8 Å². The van der Waals surface area contributed by atoms with Gasteiger partial charge in [-0.2, -0.15) is 0 Å². The van der Waals surface area contributed by atoms with Crippen molar-refractivity contribution in [3.05, 3.63) is 42.0 Å². The lowest BCUT2D eigenvalue weighted by Crippen LogP contribution is -2.18. The molecule has 108 valence electrons. The molecule has 0 unspecified atom stereocenters. The first-order valence-electron chi connectivity index (χ1n) is 6.61. The smallest absolute Gasteiger partial charge is 0.160 e. The summed E-state index contributed by atoms with van der Waals surface area (Å²) in [6.45, 7) is 1.73. The number of ether oxygens (including phenoxy) is 2. The molecule has 1 aromatic carbocycles. The Bertz CT molecular complexity index is 552. The highest BCUT2D eigenvalue weighted by molar-refractivity contribution is 5.42. The molecule has 0 spiro atoms. The van der Waals surface area contributed by atoms with E-state index in [1.165, 1.54) is 11.3 Å². The number of hydrogen-bond acceptors (Lipinski definition) is 4. The molecule has 1 N–H and O–H groups in total. The summed E-state index contributed by atoms with van der Waals surface area (Å²) in [6.07, 6.45) is 4.63. The summed E-state index contributed by atoms with van der Waals surface area (Å²) < 4.78 is 12.5. The fourth-order valence-corrected chi connectivity index (χ4v) is 2.04. The van der Waals surface area contributed by atoms with E-state index in [1.54, 1.807) is 14.2 Å². The molecule has 1 heterocycles. The lowest BCUT2D eigenvalue weighted by Gasteiger charge is -2.10. The van der Waals surface area contributed by atoms with Gasteiger partial charge in [-0.1, -0.05) is 6.07 Å². The Labute approximate surface area is 119 Å². The Hall–Kier alpha value is -2.01. The summed E-state index contributed by atoms with van der Waals surface area (Å²) in [4.78, 5) is 4.09. The molecule has 20 heavy (non-hydrogen) atoms. The van der Waals surface area contributed by atoms with Crippen molar-refractivity contribution in [3.63, 3.8) is 0 Å². The Morgan fingerprint density at radius 3 is 2.65 bits per heavy atom. The lowest BCUT2D eigenvalue weighted by molar-refractivity contribution is 0.354. The van der Waals surface area contributed by atoms with E-state index in [-0.39, 0.29) is 0 Å². The summed E-state index contributed by atoms with van der Waals surface area (Å²) in [5.41, 5.74) is 2.40. The highest BCUT2D eigenvalue weighted by Crippen LogP contribution is 2.27. The predicted molar refractivity (Wildman–Crippen MR) is 78.2 cm³/mol.